The highest BCUT2D eigenvalue weighted by atomic mass is 16.4. The van der Waals surface area contributed by atoms with Crippen LogP contribution in [0, 0.1) is 0 Å². The van der Waals surface area contributed by atoms with E-state index in [4.69, 9.17) is 10.2 Å². The molecule has 0 heterocycles. The fourth-order valence-corrected chi connectivity index (χ4v) is 0.805. The molecule has 58 valence electrons. The van der Waals surface area contributed by atoms with Crippen molar-refractivity contribution in [3.05, 3.63) is 0 Å². The van der Waals surface area contributed by atoms with Gasteiger partial charge in [0.15, 0.2) is 0 Å². The predicted molar refractivity (Wildman–Crippen MR) is 34.7 cm³/mol. The quantitative estimate of drug-likeness (QED) is 0.483. The third-order valence-corrected chi connectivity index (χ3v) is 1.77. The van der Waals surface area contributed by atoms with Crippen molar-refractivity contribution in [3.63, 3.8) is 0 Å². The Morgan fingerprint density at radius 2 is 2.20 bits per heavy atom. The van der Waals surface area contributed by atoms with Gasteiger partial charge in [-0.2, -0.15) is 0 Å². The van der Waals surface area contributed by atoms with Crippen LogP contribution < -0.4 is 5.32 Å². The molecule has 10 heavy (non-hydrogen) atoms. The molecule has 0 bridgehead atoms. The van der Waals surface area contributed by atoms with Gasteiger partial charge in [0.05, 0.1) is 13.2 Å². The second-order valence-electron chi connectivity index (χ2n) is 2.69. The minimum Gasteiger partial charge on any atom is -0.480 e. The molecule has 4 nitrogen and oxygen atoms in total. The first kappa shape index (κ1) is 7.50. The minimum absolute atomic E-state index is 0.0419. The van der Waals surface area contributed by atoms with E-state index in [-0.39, 0.29) is 18.7 Å². The Bertz CT molecular complexity index is 142. The van der Waals surface area contributed by atoms with E-state index in [9.17, 15) is 4.79 Å². The Labute approximate surface area is 58.9 Å². The second kappa shape index (κ2) is 2.56. The average Bonchev–Trinajstić information content (AvgIpc) is 2.64. The highest BCUT2D eigenvalue weighted by Gasteiger charge is 2.41. The summed E-state index contributed by atoms with van der Waals surface area (Å²) < 4.78 is 0. The van der Waals surface area contributed by atoms with Gasteiger partial charge in [0.25, 0.3) is 0 Å². The summed E-state index contributed by atoms with van der Waals surface area (Å²) in [6.45, 7) is -0.0131. The molecule has 0 radical (unpaired) electrons. The standard InChI is InChI=1S/C6H11NO3/c8-4-6(1-2-6)7-3-5(9)10/h7-8H,1-4H2,(H,9,10). The molecule has 1 fully saturated rings. The number of rotatable bonds is 4. The summed E-state index contributed by atoms with van der Waals surface area (Å²) in [6.07, 6.45) is 1.77. The lowest BCUT2D eigenvalue weighted by Gasteiger charge is -2.10. The normalized spacial score (nSPS) is 20.5. The van der Waals surface area contributed by atoms with Gasteiger partial charge in [0.2, 0.25) is 0 Å². The summed E-state index contributed by atoms with van der Waals surface area (Å²) in [4.78, 5) is 10.0. The summed E-state index contributed by atoms with van der Waals surface area (Å²) in [6, 6.07) is 0. The molecule has 0 spiro atoms. The molecule has 1 rings (SSSR count). The summed E-state index contributed by atoms with van der Waals surface area (Å²) in [7, 11) is 0. The Balaban J connectivity index is 2.19. The molecule has 0 saturated heterocycles. The summed E-state index contributed by atoms with van der Waals surface area (Å²) in [5.41, 5.74) is -0.252. The number of carbonyl (C=O) groups is 1. The third kappa shape index (κ3) is 1.68. The lowest BCUT2D eigenvalue weighted by molar-refractivity contribution is -0.136. The molecule has 1 aliphatic carbocycles. The number of carboxylic acids is 1. The number of carboxylic acid groups (broad SMARTS) is 1. The molecule has 1 saturated carbocycles. The molecule has 0 amide bonds. The molecule has 0 aromatic carbocycles. The van der Waals surface area contributed by atoms with Crippen molar-refractivity contribution in [2.75, 3.05) is 13.2 Å². The molecule has 4 heteroatoms. The van der Waals surface area contributed by atoms with Gasteiger partial charge in [-0.3, -0.25) is 10.1 Å². The van der Waals surface area contributed by atoms with Gasteiger partial charge in [0, 0.05) is 5.54 Å². The maximum absolute atomic E-state index is 10.0. The second-order valence-corrected chi connectivity index (χ2v) is 2.69. The summed E-state index contributed by atoms with van der Waals surface area (Å²) in [5.74, 6) is -0.875. The van der Waals surface area contributed by atoms with E-state index in [1.807, 2.05) is 0 Å². The molecule has 0 aromatic heterocycles. The smallest absolute Gasteiger partial charge is 0.317 e. The van der Waals surface area contributed by atoms with Gasteiger partial charge >= 0.3 is 5.97 Å². The maximum Gasteiger partial charge on any atom is 0.317 e. The zero-order valence-corrected chi connectivity index (χ0v) is 5.63. The van der Waals surface area contributed by atoms with Crippen LogP contribution in [0.5, 0.6) is 0 Å². The SMILES string of the molecule is O=C(O)CNC1(CO)CC1. The van der Waals surface area contributed by atoms with E-state index in [0.29, 0.717) is 0 Å². The molecule has 0 aliphatic heterocycles. The molecule has 3 N–H and O–H groups in total. The summed E-state index contributed by atoms with van der Waals surface area (Å²) >= 11 is 0. The number of nitrogens with one attached hydrogen (secondary N) is 1. The van der Waals surface area contributed by atoms with Gasteiger partial charge in [-0.1, -0.05) is 0 Å². The van der Waals surface area contributed by atoms with Crippen LogP contribution >= 0.6 is 0 Å². The van der Waals surface area contributed by atoms with E-state index in [0.717, 1.165) is 12.8 Å². The van der Waals surface area contributed by atoms with Gasteiger partial charge in [-0.05, 0) is 12.8 Å². The number of hydrogen-bond acceptors (Lipinski definition) is 3. The van der Waals surface area contributed by atoms with E-state index >= 15 is 0 Å². The fraction of sp³-hybridized carbons (Fsp3) is 0.833. The number of aliphatic carboxylic acids is 1. The van der Waals surface area contributed by atoms with Crippen molar-refractivity contribution in [2.45, 2.75) is 18.4 Å². The number of aliphatic hydroxyl groups is 1. The zero-order chi connectivity index (χ0) is 7.61. The van der Waals surface area contributed by atoms with Crippen LogP contribution in [0.4, 0.5) is 0 Å². The zero-order valence-electron chi connectivity index (χ0n) is 5.63. The van der Waals surface area contributed by atoms with Crippen molar-refractivity contribution in [1.29, 1.82) is 0 Å². The van der Waals surface area contributed by atoms with Crippen LogP contribution in [0.1, 0.15) is 12.8 Å². The molecular weight excluding hydrogens is 134 g/mol. The number of aliphatic hydroxyl groups excluding tert-OH is 1. The average molecular weight is 145 g/mol. The Morgan fingerprint density at radius 1 is 1.60 bits per heavy atom. The highest BCUT2D eigenvalue weighted by Crippen LogP contribution is 2.34. The van der Waals surface area contributed by atoms with Gasteiger partial charge < -0.3 is 10.2 Å². The molecule has 0 atom stereocenters. The Morgan fingerprint density at radius 3 is 2.50 bits per heavy atom. The van der Waals surface area contributed by atoms with Gasteiger partial charge in [-0.25, -0.2) is 0 Å². The van der Waals surface area contributed by atoms with E-state index < -0.39 is 5.97 Å². The topological polar surface area (TPSA) is 69.6 Å². The summed E-state index contributed by atoms with van der Waals surface area (Å²) in [5, 5.41) is 19.7. The third-order valence-electron chi connectivity index (χ3n) is 1.77. The monoisotopic (exact) mass is 145 g/mol. The van der Waals surface area contributed by atoms with E-state index in [1.165, 1.54) is 0 Å². The Kier molecular flexibility index (Phi) is 1.92. The van der Waals surface area contributed by atoms with Crippen LogP contribution in [-0.4, -0.2) is 34.9 Å². The first-order chi connectivity index (χ1) is 4.68. The Hall–Kier alpha value is -0.610. The molecule has 0 unspecified atom stereocenters. The van der Waals surface area contributed by atoms with E-state index in [2.05, 4.69) is 5.32 Å². The van der Waals surface area contributed by atoms with E-state index in [1.54, 1.807) is 0 Å². The fourth-order valence-electron chi connectivity index (χ4n) is 0.805. The molecular formula is C6H11NO3. The largest absolute Gasteiger partial charge is 0.480 e. The highest BCUT2D eigenvalue weighted by molar-refractivity contribution is 5.69. The maximum atomic E-state index is 10.0. The van der Waals surface area contributed by atoms with Crippen molar-refractivity contribution in [2.24, 2.45) is 0 Å². The molecule has 1 aliphatic rings. The van der Waals surface area contributed by atoms with Crippen molar-refractivity contribution >= 4 is 5.97 Å². The van der Waals surface area contributed by atoms with Crippen LogP contribution in [-0.2, 0) is 4.79 Å². The van der Waals surface area contributed by atoms with Gasteiger partial charge in [-0.15, -0.1) is 0 Å². The minimum atomic E-state index is -0.875. The van der Waals surface area contributed by atoms with Crippen LogP contribution in [0.2, 0.25) is 0 Å². The molecule has 0 aromatic rings. The lowest BCUT2D eigenvalue weighted by Crippen LogP contribution is -2.38. The first-order valence-corrected chi connectivity index (χ1v) is 3.26. The lowest BCUT2D eigenvalue weighted by atomic mass is 10.3. The van der Waals surface area contributed by atoms with Crippen LogP contribution in [0.15, 0.2) is 0 Å². The van der Waals surface area contributed by atoms with Crippen molar-refractivity contribution < 1.29 is 15.0 Å². The number of hydrogen-bond donors (Lipinski definition) is 3. The van der Waals surface area contributed by atoms with Crippen molar-refractivity contribution in [3.8, 4) is 0 Å². The first-order valence-electron chi connectivity index (χ1n) is 3.26. The van der Waals surface area contributed by atoms with Crippen LogP contribution in [0.3, 0.4) is 0 Å². The predicted octanol–water partition coefficient (Wildman–Crippen LogP) is -0.815. The van der Waals surface area contributed by atoms with Crippen molar-refractivity contribution in [1.82, 2.24) is 5.32 Å². The van der Waals surface area contributed by atoms with Gasteiger partial charge in [0.1, 0.15) is 0 Å². The van der Waals surface area contributed by atoms with Crippen LogP contribution in [0.25, 0.3) is 0 Å².